The summed E-state index contributed by atoms with van der Waals surface area (Å²) in [5, 5.41) is 0. The van der Waals surface area contributed by atoms with Crippen LogP contribution in [0.3, 0.4) is 0 Å². The van der Waals surface area contributed by atoms with E-state index < -0.39 is 5.91 Å². The fourth-order valence-corrected chi connectivity index (χ4v) is 1.16. The Labute approximate surface area is 86.2 Å². The third-order valence-electron chi connectivity index (χ3n) is 2.05. The number of ether oxygens (including phenoxy) is 1. The molecule has 2 N–H and O–H groups in total. The number of pyridine rings is 1. The van der Waals surface area contributed by atoms with Gasteiger partial charge in [-0.1, -0.05) is 0 Å². The Morgan fingerprint density at radius 1 is 1.53 bits per heavy atom. The van der Waals surface area contributed by atoms with Gasteiger partial charge in [-0.2, -0.15) is 0 Å². The third kappa shape index (κ3) is 2.12. The molecule has 0 radical (unpaired) electrons. The van der Waals surface area contributed by atoms with Gasteiger partial charge in [0.2, 0.25) is 0 Å². The van der Waals surface area contributed by atoms with Crippen molar-refractivity contribution >= 4 is 12.2 Å². The van der Waals surface area contributed by atoms with Gasteiger partial charge in [0.15, 0.2) is 17.7 Å². The van der Waals surface area contributed by atoms with Crippen molar-refractivity contribution in [2.24, 2.45) is 5.73 Å². The summed E-state index contributed by atoms with van der Waals surface area (Å²) in [6, 6.07) is 3.05. The van der Waals surface area contributed by atoms with E-state index >= 15 is 0 Å². The number of hydrogen-bond donors (Lipinski definition) is 1. The van der Waals surface area contributed by atoms with Crippen LogP contribution in [0.15, 0.2) is 12.1 Å². The number of aldehydes is 1. The van der Waals surface area contributed by atoms with Gasteiger partial charge in [-0.15, -0.1) is 0 Å². The van der Waals surface area contributed by atoms with Crippen LogP contribution in [0.1, 0.15) is 33.8 Å². The summed E-state index contributed by atoms with van der Waals surface area (Å²) in [5.74, 6) is -0.329. The SMILES string of the molecule is NC(=O)c1nc(C=O)ccc1OC1CC1. The summed E-state index contributed by atoms with van der Waals surface area (Å²) in [4.78, 5) is 25.3. The minimum absolute atomic E-state index is 0.0199. The van der Waals surface area contributed by atoms with Crippen LogP contribution < -0.4 is 10.5 Å². The molecule has 1 heterocycles. The highest BCUT2D eigenvalue weighted by Gasteiger charge is 2.25. The lowest BCUT2D eigenvalue weighted by molar-refractivity contribution is 0.0990. The first-order valence-corrected chi connectivity index (χ1v) is 4.63. The first kappa shape index (κ1) is 9.64. The fraction of sp³-hybridized carbons (Fsp3) is 0.300. The minimum Gasteiger partial charge on any atom is -0.488 e. The van der Waals surface area contributed by atoms with Crippen molar-refractivity contribution in [3.63, 3.8) is 0 Å². The second-order valence-electron chi connectivity index (χ2n) is 3.38. The number of primary amides is 1. The van der Waals surface area contributed by atoms with Gasteiger partial charge in [0.05, 0.1) is 6.10 Å². The summed E-state index contributed by atoms with van der Waals surface area (Å²) in [7, 11) is 0. The van der Waals surface area contributed by atoms with Gasteiger partial charge in [-0.3, -0.25) is 9.59 Å². The van der Waals surface area contributed by atoms with Crippen molar-refractivity contribution in [3.8, 4) is 5.75 Å². The Hall–Kier alpha value is -1.91. The molecule has 78 valence electrons. The first-order chi connectivity index (χ1) is 7.20. The number of aromatic nitrogens is 1. The lowest BCUT2D eigenvalue weighted by Crippen LogP contribution is -2.16. The predicted octanol–water partition coefficient (Wildman–Crippen LogP) is 0.534. The van der Waals surface area contributed by atoms with Gasteiger partial charge in [0.25, 0.3) is 5.91 Å². The quantitative estimate of drug-likeness (QED) is 0.728. The fourth-order valence-electron chi connectivity index (χ4n) is 1.16. The molecule has 1 saturated carbocycles. The van der Waals surface area contributed by atoms with E-state index in [4.69, 9.17) is 10.5 Å². The zero-order valence-corrected chi connectivity index (χ0v) is 7.97. The maximum atomic E-state index is 11.1. The Kier molecular flexibility index (Phi) is 2.37. The summed E-state index contributed by atoms with van der Waals surface area (Å²) < 4.78 is 5.44. The van der Waals surface area contributed by atoms with Gasteiger partial charge in [-0.05, 0) is 25.0 Å². The molecule has 0 aliphatic heterocycles. The number of nitrogens with zero attached hydrogens (tertiary/aromatic N) is 1. The molecule has 15 heavy (non-hydrogen) atoms. The number of nitrogens with two attached hydrogens (primary N) is 1. The molecule has 0 bridgehead atoms. The van der Waals surface area contributed by atoms with Crippen LogP contribution in [0.5, 0.6) is 5.75 Å². The van der Waals surface area contributed by atoms with Crippen LogP contribution >= 0.6 is 0 Å². The van der Waals surface area contributed by atoms with Crippen molar-refractivity contribution < 1.29 is 14.3 Å². The number of rotatable bonds is 4. The molecule has 1 fully saturated rings. The van der Waals surface area contributed by atoms with E-state index in [1.54, 1.807) is 6.07 Å². The van der Waals surface area contributed by atoms with Gasteiger partial charge < -0.3 is 10.5 Å². The van der Waals surface area contributed by atoms with Gasteiger partial charge in [0.1, 0.15) is 5.69 Å². The summed E-state index contributed by atoms with van der Waals surface area (Å²) in [5.41, 5.74) is 5.33. The Bertz CT molecular complexity index is 413. The highest BCUT2D eigenvalue weighted by atomic mass is 16.5. The summed E-state index contributed by atoms with van der Waals surface area (Å²) in [6.07, 6.45) is 2.68. The average molecular weight is 206 g/mol. The lowest BCUT2D eigenvalue weighted by atomic mass is 10.2. The van der Waals surface area contributed by atoms with Gasteiger partial charge in [-0.25, -0.2) is 4.98 Å². The predicted molar refractivity (Wildman–Crippen MR) is 51.8 cm³/mol. The number of carbonyl (C=O) groups excluding carboxylic acids is 2. The third-order valence-corrected chi connectivity index (χ3v) is 2.05. The van der Waals surface area contributed by atoms with Crippen LogP contribution in [0, 0.1) is 0 Å². The highest BCUT2D eigenvalue weighted by Crippen LogP contribution is 2.28. The second-order valence-corrected chi connectivity index (χ2v) is 3.38. The molecule has 0 saturated heterocycles. The lowest BCUT2D eigenvalue weighted by Gasteiger charge is -2.07. The minimum atomic E-state index is -0.686. The molecule has 1 aromatic rings. The van der Waals surface area contributed by atoms with E-state index in [1.165, 1.54) is 6.07 Å². The molecular formula is C10H10N2O3. The van der Waals surface area contributed by atoms with E-state index in [0.717, 1.165) is 12.8 Å². The van der Waals surface area contributed by atoms with Crippen molar-refractivity contribution in [3.05, 3.63) is 23.5 Å². The first-order valence-electron chi connectivity index (χ1n) is 4.63. The van der Waals surface area contributed by atoms with Crippen LogP contribution in [0.25, 0.3) is 0 Å². The largest absolute Gasteiger partial charge is 0.488 e. The van der Waals surface area contributed by atoms with Crippen LogP contribution in [-0.2, 0) is 0 Å². The molecule has 0 atom stereocenters. The molecule has 5 nitrogen and oxygen atoms in total. The number of hydrogen-bond acceptors (Lipinski definition) is 4. The molecule has 5 heteroatoms. The maximum absolute atomic E-state index is 11.1. The van der Waals surface area contributed by atoms with E-state index in [1.807, 2.05) is 0 Å². The van der Waals surface area contributed by atoms with Crippen LogP contribution in [-0.4, -0.2) is 23.3 Å². The highest BCUT2D eigenvalue weighted by molar-refractivity contribution is 5.94. The molecule has 1 aliphatic rings. The zero-order chi connectivity index (χ0) is 10.8. The van der Waals surface area contributed by atoms with E-state index in [-0.39, 0.29) is 17.5 Å². The van der Waals surface area contributed by atoms with E-state index in [9.17, 15) is 9.59 Å². The normalized spacial score (nSPS) is 14.7. The summed E-state index contributed by atoms with van der Waals surface area (Å²) >= 11 is 0. The Morgan fingerprint density at radius 2 is 2.27 bits per heavy atom. The molecule has 2 rings (SSSR count). The van der Waals surface area contributed by atoms with E-state index in [2.05, 4.69) is 4.98 Å². The van der Waals surface area contributed by atoms with Crippen LogP contribution in [0.2, 0.25) is 0 Å². The van der Waals surface area contributed by atoms with Crippen molar-refractivity contribution in [1.82, 2.24) is 4.98 Å². The standard InChI is InChI=1S/C10H10N2O3/c11-10(14)9-8(15-7-2-3-7)4-1-6(5-13)12-9/h1,4-5,7H,2-3H2,(H2,11,14). The van der Waals surface area contributed by atoms with Crippen molar-refractivity contribution in [2.75, 3.05) is 0 Å². The molecule has 1 aromatic heterocycles. The Morgan fingerprint density at radius 3 is 2.80 bits per heavy atom. The van der Waals surface area contributed by atoms with E-state index in [0.29, 0.717) is 12.0 Å². The average Bonchev–Trinajstić information content (AvgIpc) is 3.02. The topological polar surface area (TPSA) is 82.3 Å². The molecule has 0 unspecified atom stereocenters. The second kappa shape index (κ2) is 3.68. The van der Waals surface area contributed by atoms with Gasteiger partial charge >= 0.3 is 0 Å². The molecule has 1 amide bonds. The monoisotopic (exact) mass is 206 g/mol. The van der Waals surface area contributed by atoms with Crippen LogP contribution in [0.4, 0.5) is 0 Å². The van der Waals surface area contributed by atoms with Crippen molar-refractivity contribution in [2.45, 2.75) is 18.9 Å². The molecule has 1 aliphatic carbocycles. The molecular weight excluding hydrogens is 196 g/mol. The zero-order valence-electron chi connectivity index (χ0n) is 7.97. The number of amides is 1. The smallest absolute Gasteiger partial charge is 0.271 e. The molecule has 0 aromatic carbocycles. The number of carbonyl (C=O) groups is 2. The molecule has 0 spiro atoms. The maximum Gasteiger partial charge on any atom is 0.271 e. The van der Waals surface area contributed by atoms with Crippen molar-refractivity contribution in [1.29, 1.82) is 0 Å². The summed E-state index contributed by atoms with van der Waals surface area (Å²) in [6.45, 7) is 0. The van der Waals surface area contributed by atoms with Gasteiger partial charge in [0, 0.05) is 0 Å². The Balaban J connectivity index is 2.33.